The SMILES string of the molecule is CSCCCCCNc1nc2cccc(C)n2n1. The number of rotatable bonds is 7. The van der Waals surface area contributed by atoms with Crippen LogP contribution in [-0.2, 0) is 0 Å². The van der Waals surface area contributed by atoms with Gasteiger partial charge in [-0.1, -0.05) is 12.5 Å². The molecule has 0 aliphatic carbocycles. The van der Waals surface area contributed by atoms with Gasteiger partial charge in [0.05, 0.1) is 0 Å². The molecule has 0 spiro atoms. The molecule has 0 aromatic carbocycles. The molecule has 0 unspecified atom stereocenters. The van der Waals surface area contributed by atoms with Crippen LogP contribution in [-0.4, -0.2) is 33.2 Å². The Morgan fingerprint density at radius 1 is 1.28 bits per heavy atom. The van der Waals surface area contributed by atoms with Gasteiger partial charge in [0.15, 0.2) is 5.65 Å². The van der Waals surface area contributed by atoms with Gasteiger partial charge < -0.3 is 5.32 Å². The minimum atomic E-state index is 0.731. The third-order valence-electron chi connectivity index (χ3n) is 2.86. The van der Waals surface area contributed by atoms with Crippen LogP contribution >= 0.6 is 11.8 Å². The first-order valence-corrected chi connectivity index (χ1v) is 7.76. The fraction of sp³-hybridized carbons (Fsp3) is 0.538. The molecule has 2 aromatic rings. The Morgan fingerprint density at radius 3 is 2.94 bits per heavy atom. The summed E-state index contributed by atoms with van der Waals surface area (Å²) in [6, 6.07) is 6.02. The van der Waals surface area contributed by atoms with Crippen LogP contribution in [0.1, 0.15) is 25.0 Å². The van der Waals surface area contributed by atoms with Gasteiger partial charge in [0, 0.05) is 12.2 Å². The second kappa shape index (κ2) is 6.64. The molecule has 0 saturated carbocycles. The van der Waals surface area contributed by atoms with Crippen molar-refractivity contribution < 1.29 is 0 Å². The van der Waals surface area contributed by atoms with Crippen molar-refractivity contribution >= 4 is 23.4 Å². The molecule has 0 radical (unpaired) electrons. The lowest BCUT2D eigenvalue weighted by Gasteiger charge is -2.01. The Kier molecular flexibility index (Phi) is 4.87. The summed E-state index contributed by atoms with van der Waals surface area (Å²) in [5, 5.41) is 7.72. The van der Waals surface area contributed by atoms with Gasteiger partial charge in [-0.15, -0.1) is 5.10 Å². The summed E-state index contributed by atoms with van der Waals surface area (Å²) in [5.41, 5.74) is 2.01. The molecular weight excluding hydrogens is 244 g/mol. The molecule has 5 heteroatoms. The number of hydrogen-bond donors (Lipinski definition) is 1. The number of aryl methyl sites for hydroxylation is 1. The van der Waals surface area contributed by atoms with Crippen LogP contribution in [0.4, 0.5) is 5.95 Å². The molecule has 0 amide bonds. The van der Waals surface area contributed by atoms with E-state index in [1.165, 1.54) is 25.0 Å². The zero-order chi connectivity index (χ0) is 12.8. The third kappa shape index (κ3) is 3.38. The van der Waals surface area contributed by atoms with E-state index in [0.717, 1.165) is 23.8 Å². The van der Waals surface area contributed by atoms with Crippen LogP contribution in [0.25, 0.3) is 5.65 Å². The first kappa shape index (κ1) is 13.2. The van der Waals surface area contributed by atoms with Gasteiger partial charge >= 0.3 is 0 Å². The van der Waals surface area contributed by atoms with E-state index in [2.05, 4.69) is 21.7 Å². The zero-order valence-corrected chi connectivity index (χ0v) is 11.8. The third-order valence-corrected chi connectivity index (χ3v) is 3.55. The first-order valence-electron chi connectivity index (χ1n) is 6.36. The standard InChI is InChI=1S/C13H20N4S/c1-11-7-6-8-12-15-13(16-17(11)12)14-9-4-3-5-10-18-2/h6-8H,3-5,9-10H2,1-2H3,(H,14,16). The molecule has 2 heterocycles. The maximum atomic E-state index is 4.44. The second-order valence-corrected chi connectivity index (χ2v) is 5.34. The van der Waals surface area contributed by atoms with Crippen molar-refractivity contribution in [1.29, 1.82) is 0 Å². The van der Waals surface area contributed by atoms with Gasteiger partial charge in [-0.25, -0.2) is 4.52 Å². The van der Waals surface area contributed by atoms with E-state index in [1.54, 1.807) is 0 Å². The number of aromatic nitrogens is 3. The van der Waals surface area contributed by atoms with Crippen molar-refractivity contribution in [2.75, 3.05) is 23.9 Å². The van der Waals surface area contributed by atoms with E-state index < -0.39 is 0 Å². The Bertz CT molecular complexity index is 495. The smallest absolute Gasteiger partial charge is 0.243 e. The predicted molar refractivity (Wildman–Crippen MR) is 78.4 cm³/mol. The van der Waals surface area contributed by atoms with Crippen molar-refractivity contribution in [2.24, 2.45) is 0 Å². The lowest BCUT2D eigenvalue weighted by atomic mass is 10.2. The molecule has 0 fully saturated rings. The van der Waals surface area contributed by atoms with Gasteiger partial charge in [0.25, 0.3) is 0 Å². The molecule has 98 valence electrons. The number of hydrogen-bond acceptors (Lipinski definition) is 4. The summed E-state index contributed by atoms with van der Waals surface area (Å²) in [7, 11) is 0. The highest BCUT2D eigenvalue weighted by Crippen LogP contribution is 2.08. The van der Waals surface area contributed by atoms with Crippen molar-refractivity contribution in [3.63, 3.8) is 0 Å². The molecule has 2 rings (SSSR count). The lowest BCUT2D eigenvalue weighted by molar-refractivity contribution is 0.745. The maximum absolute atomic E-state index is 4.44. The average Bonchev–Trinajstić information content (AvgIpc) is 2.78. The van der Waals surface area contributed by atoms with Crippen molar-refractivity contribution in [2.45, 2.75) is 26.2 Å². The number of anilines is 1. The number of fused-ring (bicyclic) bond motifs is 1. The Balaban J connectivity index is 1.83. The second-order valence-electron chi connectivity index (χ2n) is 4.35. The normalized spacial score (nSPS) is 11.0. The quantitative estimate of drug-likeness (QED) is 0.781. The number of nitrogens with zero attached hydrogens (tertiary/aromatic N) is 3. The molecule has 0 aliphatic heterocycles. The van der Waals surface area contributed by atoms with E-state index in [9.17, 15) is 0 Å². The molecule has 0 atom stereocenters. The number of pyridine rings is 1. The van der Waals surface area contributed by atoms with Crippen LogP contribution in [0.15, 0.2) is 18.2 Å². The highest BCUT2D eigenvalue weighted by molar-refractivity contribution is 7.98. The molecule has 0 bridgehead atoms. The summed E-state index contributed by atoms with van der Waals surface area (Å²) in [5.74, 6) is 1.99. The molecule has 18 heavy (non-hydrogen) atoms. The van der Waals surface area contributed by atoms with Crippen LogP contribution < -0.4 is 5.32 Å². The van der Waals surface area contributed by atoms with E-state index in [4.69, 9.17) is 0 Å². The van der Waals surface area contributed by atoms with Crippen LogP contribution in [0, 0.1) is 6.92 Å². The predicted octanol–water partition coefficient (Wildman–Crippen LogP) is 2.98. The lowest BCUT2D eigenvalue weighted by Crippen LogP contribution is -2.03. The molecule has 4 nitrogen and oxygen atoms in total. The van der Waals surface area contributed by atoms with Crippen molar-refractivity contribution in [3.8, 4) is 0 Å². The maximum Gasteiger partial charge on any atom is 0.243 e. The minimum absolute atomic E-state index is 0.731. The summed E-state index contributed by atoms with van der Waals surface area (Å²) in [4.78, 5) is 4.44. The first-order chi connectivity index (χ1) is 8.81. The van der Waals surface area contributed by atoms with E-state index in [0.29, 0.717) is 0 Å². The molecule has 0 aliphatic rings. The van der Waals surface area contributed by atoms with Gasteiger partial charge in [-0.05, 0) is 43.9 Å². The summed E-state index contributed by atoms with van der Waals surface area (Å²) < 4.78 is 1.87. The van der Waals surface area contributed by atoms with Gasteiger partial charge in [-0.3, -0.25) is 0 Å². The Labute approximate surface area is 112 Å². The van der Waals surface area contributed by atoms with Crippen molar-refractivity contribution in [1.82, 2.24) is 14.6 Å². The van der Waals surface area contributed by atoms with Gasteiger partial charge in [0.1, 0.15) is 0 Å². The summed E-state index contributed by atoms with van der Waals surface area (Å²) in [6.07, 6.45) is 5.89. The highest BCUT2D eigenvalue weighted by Gasteiger charge is 2.03. The molecule has 2 aromatic heterocycles. The summed E-state index contributed by atoms with van der Waals surface area (Å²) >= 11 is 1.91. The van der Waals surface area contributed by atoms with Crippen LogP contribution in [0.5, 0.6) is 0 Å². The van der Waals surface area contributed by atoms with E-state index in [1.807, 2.05) is 41.4 Å². The van der Waals surface area contributed by atoms with E-state index >= 15 is 0 Å². The highest BCUT2D eigenvalue weighted by atomic mass is 32.2. The fourth-order valence-corrected chi connectivity index (χ4v) is 2.35. The minimum Gasteiger partial charge on any atom is -0.353 e. The van der Waals surface area contributed by atoms with Crippen LogP contribution in [0.3, 0.4) is 0 Å². The molecular formula is C13H20N4S. The Hall–Kier alpha value is -1.23. The number of unbranched alkanes of at least 4 members (excludes halogenated alkanes) is 2. The number of nitrogens with one attached hydrogen (secondary N) is 1. The molecule has 1 N–H and O–H groups in total. The Morgan fingerprint density at radius 2 is 2.17 bits per heavy atom. The summed E-state index contributed by atoms with van der Waals surface area (Å²) in [6.45, 7) is 2.98. The fourth-order valence-electron chi connectivity index (χ4n) is 1.86. The molecule has 0 saturated heterocycles. The van der Waals surface area contributed by atoms with Crippen LogP contribution in [0.2, 0.25) is 0 Å². The average molecular weight is 264 g/mol. The van der Waals surface area contributed by atoms with E-state index in [-0.39, 0.29) is 0 Å². The van der Waals surface area contributed by atoms with Gasteiger partial charge in [-0.2, -0.15) is 16.7 Å². The number of thioether (sulfide) groups is 1. The van der Waals surface area contributed by atoms with Crippen molar-refractivity contribution in [3.05, 3.63) is 23.9 Å². The topological polar surface area (TPSA) is 42.2 Å². The monoisotopic (exact) mass is 264 g/mol. The largest absolute Gasteiger partial charge is 0.353 e. The zero-order valence-electron chi connectivity index (χ0n) is 11.0. The van der Waals surface area contributed by atoms with Gasteiger partial charge in [0.2, 0.25) is 5.95 Å².